The number of hydrogen-bond acceptors (Lipinski definition) is 6. The fourth-order valence-electron chi connectivity index (χ4n) is 3.36. The zero-order valence-corrected chi connectivity index (χ0v) is 18.6. The van der Waals surface area contributed by atoms with E-state index in [1.165, 1.54) is 13.3 Å². The number of aromatic amines is 1. The third kappa shape index (κ3) is 4.73. The van der Waals surface area contributed by atoms with Gasteiger partial charge in [-0.3, -0.25) is 9.59 Å². The Bertz CT molecular complexity index is 1500. The fraction of sp³-hybridized carbons (Fsp3) is 0.120. The quantitative estimate of drug-likeness (QED) is 0.413. The second-order valence-electron chi connectivity index (χ2n) is 7.37. The number of aryl methyl sites for hydroxylation is 1. The first-order chi connectivity index (χ1) is 16.5. The molecule has 0 atom stereocenters. The van der Waals surface area contributed by atoms with Crippen LogP contribution in [0.5, 0.6) is 11.5 Å². The maximum Gasteiger partial charge on any atom is 0.349 e. The van der Waals surface area contributed by atoms with Crippen molar-refractivity contribution < 1.29 is 14.3 Å². The Balaban J connectivity index is 1.60. The molecule has 0 spiro atoms. The molecule has 1 amide bonds. The number of methoxy groups -OCH3 is 1. The molecule has 0 aliphatic carbocycles. The fourth-order valence-corrected chi connectivity index (χ4v) is 3.36. The van der Waals surface area contributed by atoms with Gasteiger partial charge >= 0.3 is 5.69 Å². The van der Waals surface area contributed by atoms with Gasteiger partial charge in [-0.25, -0.2) is 4.79 Å². The Hall–Kier alpha value is -4.66. The summed E-state index contributed by atoms with van der Waals surface area (Å²) in [5.74, 6) is 0.261. The van der Waals surface area contributed by atoms with Crippen molar-refractivity contribution in [2.45, 2.75) is 6.92 Å². The van der Waals surface area contributed by atoms with Crippen LogP contribution >= 0.6 is 0 Å². The number of aromatic nitrogens is 2. The van der Waals surface area contributed by atoms with Crippen molar-refractivity contribution in [2.75, 3.05) is 19.0 Å². The minimum absolute atomic E-state index is 0.249. The van der Waals surface area contributed by atoms with E-state index in [1.807, 2.05) is 25.1 Å². The molecule has 1 heterocycles. The highest BCUT2D eigenvalue weighted by molar-refractivity contribution is 5.93. The molecular formula is C25H22N4O5. The first-order valence-electron chi connectivity index (χ1n) is 10.4. The Morgan fingerprint density at radius 2 is 1.82 bits per heavy atom. The second-order valence-corrected chi connectivity index (χ2v) is 7.37. The number of carbonyl (C=O) groups is 1. The molecule has 34 heavy (non-hydrogen) atoms. The van der Waals surface area contributed by atoms with Crippen LogP contribution < -0.4 is 26.0 Å². The molecule has 2 N–H and O–H groups in total. The van der Waals surface area contributed by atoms with Gasteiger partial charge in [0.2, 0.25) is 0 Å². The maximum absolute atomic E-state index is 12.7. The van der Waals surface area contributed by atoms with Gasteiger partial charge in [0.15, 0.2) is 18.1 Å². The largest absolute Gasteiger partial charge is 0.493 e. The number of hydrogen-bond donors (Lipinski definition) is 2. The molecule has 0 saturated heterocycles. The van der Waals surface area contributed by atoms with E-state index in [4.69, 9.17) is 9.47 Å². The normalized spacial score (nSPS) is 11.0. The van der Waals surface area contributed by atoms with Crippen molar-refractivity contribution in [3.05, 3.63) is 98.7 Å². The van der Waals surface area contributed by atoms with Crippen LogP contribution in [-0.2, 0) is 4.79 Å². The molecule has 9 heteroatoms. The van der Waals surface area contributed by atoms with E-state index in [2.05, 4.69) is 15.4 Å². The summed E-state index contributed by atoms with van der Waals surface area (Å²) >= 11 is 0. The third-order valence-corrected chi connectivity index (χ3v) is 5.09. The lowest BCUT2D eigenvalue weighted by Gasteiger charge is -2.13. The van der Waals surface area contributed by atoms with Crippen LogP contribution in [0.2, 0.25) is 0 Å². The predicted octanol–water partition coefficient (Wildman–Crippen LogP) is 2.91. The van der Waals surface area contributed by atoms with Crippen molar-refractivity contribution in [2.24, 2.45) is 5.10 Å². The Morgan fingerprint density at radius 3 is 2.62 bits per heavy atom. The molecule has 0 aliphatic heterocycles. The van der Waals surface area contributed by atoms with Gasteiger partial charge in [-0.2, -0.15) is 5.10 Å². The van der Waals surface area contributed by atoms with Gasteiger partial charge in [-0.1, -0.05) is 36.4 Å². The summed E-state index contributed by atoms with van der Waals surface area (Å²) in [6, 6.07) is 19.1. The lowest BCUT2D eigenvalue weighted by Crippen LogP contribution is -2.32. The minimum Gasteiger partial charge on any atom is -0.493 e. The molecule has 0 radical (unpaired) electrons. The summed E-state index contributed by atoms with van der Waals surface area (Å²) in [5.41, 5.74) is 1.22. The predicted molar refractivity (Wildman–Crippen MR) is 130 cm³/mol. The second kappa shape index (κ2) is 9.86. The summed E-state index contributed by atoms with van der Waals surface area (Å²) in [6.45, 7) is 1.60. The number of para-hydroxylation sites is 3. The average molecular weight is 458 g/mol. The zero-order valence-electron chi connectivity index (χ0n) is 18.6. The number of ether oxygens (including phenoxy) is 2. The molecule has 172 valence electrons. The highest BCUT2D eigenvalue weighted by Crippen LogP contribution is 2.30. The molecule has 1 aromatic heterocycles. The Morgan fingerprint density at radius 1 is 1.06 bits per heavy atom. The molecule has 4 rings (SSSR count). The van der Waals surface area contributed by atoms with Crippen LogP contribution in [0, 0.1) is 6.92 Å². The molecule has 4 aromatic rings. The lowest BCUT2D eigenvalue weighted by atomic mass is 10.2. The van der Waals surface area contributed by atoms with Crippen molar-refractivity contribution >= 4 is 28.7 Å². The summed E-state index contributed by atoms with van der Waals surface area (Å²) < 4.78 is 11.8. The first kappa shape index (κ1) is 22.5. The van der Waals surface area contributed by atoms with Gasteiger partial charge in [0.05, 0.1) is 24.2 Å². The van der Waals surface area contributed by atoms with Crippen molar-refractivity contribution in [3.63, 3.8) is 0 Å². The zero-order chi connectivity index (χ0) is 24.1. The van der Waals surface area contributed by atoms with Gasteiger partial charge in [0, 0.05) is 11.3 Å². The monoisotopic (exact) mass is 458 g/mol. The van der Waals surface area contributed by atoms with Gasteiger partial charge < -0.3 is 19.8 Å². The van der Waals surface area contributed by atoms with Crippen LogP contribution in [0.1, 0.15) is 11.1 Å². The van der Waals surface area contributed by atoms with E-state index in [-0.39, 0.29) is 18.3 Å². The number of rotatable bonds is 7. The maximum atomic E-state index is 12.7. The molecule has 0 aliphatic rings. The SMILES string of the molecule is COc1cccc(C=Nn2c(=O)[nH]c3ccccc3c2=O)c1OCC(=O)Nc1ccccc1C. The molecule has 9 nitrogen and oxygen atoms in total. The lowest BCUT2D eigenvalue weighted by molar-refractivity contribution is -0.118. The third-order valence-electron chi connectivity index (χ3n) is 5.09. The van der Waals surface area contributed by atoms with Crippen LogP contribution in [-0.4, -0.2) is 35.5 Å². The van der Waals surface area contributed by atoms with Gasteiger partial charge in [0.1, 0.15) is 0 Å². The Labute approximate surface area is 194 Å². The molecule has 0 fully saturated rings. The number of amides is 1. The van der Waals surface area contributed by atoms with E-state index in [0.717, 1.165) is 10.2 Å². The molecule has 0 saturated carbocycles. The summed E-state index contributed by atoms with van der Waals surface area (Å²) in [5, 5.41) is 7.19. The van der Waals surface area contributed by atoms with Crippen molar-refractivity contribution in [3.8, 4) is 11.5 Å². The van der Waals surface area contributed by atoms with Crippen molar-refractivity contribution in [1.29, 1.82) is 0 Å². The van der Waals surface area contributed by atoms with E-state index >= 15 is 0 Å². The summed E-state index contributed by atoms with van der Waals surface area (Å²) in [7, 11) is 1.47. The van der Waals surface area contributed by atoms with Crippen molar-refractivity contribution in [1.82, 2.24) is 9.66 Å². The first-order valence-corrected chi connectivity index (χ1v) is 10.4. The van der Waals surface area contributed by atoms with E-state index in [9.17, 15) is 14.4 Å². The Kier molecular flexibility index (Phi) is 6.54. The van der Waals surface area contributed by atoms with E-state index in [0.29, 0.717) is 27.9 Å². The molecule has 0 unspecified atom stereocenters. The van der Waals surface area contributed by atoms with Crippen LogP contribution in [0.4, 0.5) is 5.69 Å². The van der Waals surface area contributed by atoms with Crippen LogP contribution in [0.15, 0.2) is 81.4 Å². The summed E-state index contributed by atoms with van der Waals surface area (Å²) in [4.78, 5) is 40.2. The molecular weight excluding hydrogens is 436 g/mol. The number of nitrogens with zero attached hydrogens (tertiary/aromatic N) is 2. The highest BCUT2D eigenvalue weighted by Gasteiger charge is 2.13. The number of nitrogens with one attached hydrogen (secondary N) is 2. The van der Waals surface area contributed by atoms with E-state index in [1.54, 1.807) is 48.5 Å². The average Bonchev–Trinajstić information content (AvgIpc) is 2.84. The smallest absolute Gasteiger partial charge is 0.349 e. The van der Waals surface area contributed by atoms with Gasteiger partial charge in [-0.05, 0) is 42.8 Å². The van der Waals surface area contributed by atoms with Crippen LogP contribution in [0.25, 0.3) is 10.9 Å². The van der Waals surface area contributed by atoms with E-state index < -0.39 is 11.2 Å². The highest BCUT2D eigenvalue weighted by atomic mass is 16.5. The number of fused-ring (bicyclic) bond motifs is 1. The minimum atomic E-state index is -0.678. The topological polar surface area (TPSA) is 115 Å². The number of anilines is 1. The molecule has 0 bridgehead atoms. The number of H-pyrrole nitrogens is 1. The number of benzene rings is 3. The number of carbonyl (C=O) groups excluding carboxylic acids is 1. The molecule has 3 aromatic carbocycles. The van der Waals surface area contributed by atoms with Gasteiger partial charge in [0.25, 0.3) is 11.5 Å². The van der Waals surface area contributed by atoms with Crippen LogP contribution in [0.3, 0.4) is 0 Å². The summed E-state index contributed by atoms with van der Waals surface area (Å²) in [6.07, 6.45) is 1.31. The van der Waals surface area contributed by atoms with Gasteiger partial charge in [-0.15, -0.1) is 4.68 Å². The standard InChI is InChI=1S/C25H22N4O5/c1-16-8-3-5-11-19(16)27-22(30)15-34-23-17(9-7-13-21(23)33-2)14-26-29-24(31)18-10-4-6-12-20(18)28-25(29)32/h3-14H,15H2,1-2H3,(H,27,30)(H,28,32).